The Balaban J connectivity index is 1.91. The molecule has 0 aromatic carbocycles. The molecule has 0 unspecified atom stereocenters. The average molecular weight is 237 g/mol. The number of amides is 1. The summed E-state index contributed by atoms with van der Waals surface area (Å²) in [5.41, 5.74) is -0.116. The monoisotopic (exact) mass is 237 g/mol. The highest BCUT2D eigenvalue weighted by Crippen LogP contribution is 2.20. The van der Waals surface area contributed by atoms with E-state index in [-0.39, 0.29) is 11.3 Å². The van der Waals surface area contributed by atoms with E-state index in [9.17, 15) is 4.79 Å². The van der Waals surface area contributed by atoms with Crippen molar-refractivity contribution in [3.8, 4) is 0 Å². The maximum atomic E-state index is 11.4. The van der Waals surface area contributed by atoms with Crippen LogP contribution in [0.15, 0.2) is 4.52 Å². The van der Waals surface area contributed by atoms with Crippen LogP contribution in [0, 0.1) is 0 Å². The molecule has 0 saturated carbocycles. The van der Waals surface area contributed by atoms with E-state index in [1.807, 2.05) is 25.7 Å². The molecule has 1 fully saturated rings. The van der Waals surface area contributed by atoms with Crippen LogP contribution in [-0.4, -0.2) is 34.0 Å². The lowest BCUT2D eigenvalue weighted by molar-refractivity contribution is -0.127. The van der Waals surface area contributed by atoms with E-state index in [0.717, 1.165) is 13.0 Å². The van der Waals surface area contributed by atoms with Crippen molar-refractivity contribution in [2.45, 2.75) is 45.4 Å². The van der Waals surface area contributed by atoms with Gasteiger partial charge < -0.3 is 9.42 Å². The lowest BCUT2D eigenvalue weighted by Crippen LogP contribution is -2.27. The molecule has 0 spiro atoms. The second-order valence-corrected chi connectivity index (χ2v) is 5.50. The van der Waals surface area contributed by atoms with Crippen molar-refractivity contribution >= 4 is 5.91 Å². The first-order valence-electron chi connectivity index (χ1n) is 6.07. The maximum Gasteiger partial charge on any atom is 0.232 e. The molecule has 0 aliphatic carbocycles. The van der Waals surface area contributed by atoms with Crippen molar-refractivity contribution in [2.75, 3.05) is 13.1 Å². The van der Waals surface area contributed by atoms with Gasteiger partial charge in [-0.15, -0.1) is 0 Å². The molecule has 17 heavy (non-hydrogen) atoms. The molecule has 1 amide bonds. The van der Waals surface area contributed by atoms with Gasteiger partial charge in [-0.25, -0.2) is 0 Å². The van der Waals surface area contributed by atoms with Crippen LogP contribution in [0.25, 0.3) is 0 Å². The first kappa shape index (κ1) is 12.1. The molecule has 0 N–H and O–H groups in total. The van der Waals surface area contributed by atoms with Crippen molar-refractivity contribution in [3.05, 3.63) is 11.7 Å². The van der Waals surface area contributed by atoms with Gasteiger partial charge >= 0.3 is 0 Å². The summed E-state index contributed by atoms with van der Waals surface area (Å²) in [6, 6.07) is 0. The zero-order valence-electron chi connectivity index (χ0n) is 10.7. The third kappa shape index (κ3) is 2.84. The molecule has 1 aliphatic heterocycles. The quantitative estimate of drug-likeness (QED) is 0.800. The topological polar surface area (TPSA) is 59.2 Å². The van der Waals surface area contributed by atoms with Crippen LogP contribution in [0.4, 0.5) is 0 Å². The summed E-state index contributed by atoms with van der Waals surface area (Å²) >= 11 is 0. The highest BCUT2D eigenvalue weighted by atomic mass is 16.5. The van der Waals surface area contributed by atoms with Crippen LogP contribution in [0.1, 0.15) is 45.3 Å². The predicted molar refractivity (Wildman–Crippen MR) is 62.5 cm³/mol. The Hall–Kier alpha value is -1.39. The minimum absolute atomic E-state index is 0.116. The van der Waals surface area contributed by atoms with Gasteiger partial charge in [0.05, 0.1) is 0 Å². The van der Waals surface area contributed by atoms with E-state index in [1.54, 1.807) is 0 Å². The average Bonchev–Trinajstić information content (AvgIpc) is 2.82. The summed E-state index contributed by atoms with van der Waals surface area (Å²) in [5, 5.41) is 3.94. The minimum Gasteiger partial charge on any atom is -0.342 e. The first-order chi connectivity index (χ1) is 7.97. The fourth-order valence-corrected chi connectivity index (χ4v) is 1.84. The lowest BCUT2D eigenvalue weighted by atomic mass is 9.97. The van der Waals surface area contributed by atoms with Crippen molar-refractivity contribution in [2.24, 2.45) is 0 Å². The number of carbonyl (C=O) groups excluding carboxylic acids is 1. The Morgan fingerprint density at radius 3 is 2.71 bits per heavy atom. The molecular weight excluding hydrogens is 218 g/mol. The molecule has 5 heteroatoms. The van der Waals surface area contributed by atoms with Crippen LogP contribution in [0.5, 0.6) is 0 Å². The van der Waals surface area contributed by atoms with E-state index in [0.29, 0.717) is 31.1 Å². The Morgan fingerprint density at radius 2 is 2.18 bits per heavy atom. The van der Waals surface area contributed by atoms with Gasteiger partial charge in [-0.2, -0.15) is 4.98 Å². The molecule has 1 aromatic rings. The fraction of sp³-hybridized carbons (Fsp3) is 0.750. The fourth-order valence-electron chi connectivity index (χ4n) is 1.84. The van der Waals surface area contributed by atoms with E-state index in [4.69, 9.17) is 4.52 Å². The number of nitrogens with zero attached hydrogens (tertiary/aromatic N) is 3. The van der Waals surface area contributed by atoms with Gasteiger partial charge in [-0.1, -0.05) is 25.9 Å². The third-order valence-electron chi connectivity index (χ3n) is 2.89. The van der Waals surface area contributed by atoms with Crippen LogP contribution in [0.3, 0.4) is 0 Å². The zero-order valence-corrected chi connectivity index (χ0v) is 10.7. The Labute approximate surface area is 101 Å². The van der Waals surface area contributed by atoms with Gasteiger partial charge in [-0.3, -0.25) is 4.79 Å². The minimum atomic E-state index is -0.116. The third-order valence-corrected chi connectivity index (χ3v) is 2.89. The standard InChI is InChI=1S/C12H19N3O2/c1-12(2,3)11-13-9(14-17-11)6-8-15-7-4-5-10(15)16/h4-8H2,1-3H3. The molecule has 2 rings (SSSR count). The summed E-state index contributed by atoms with van der Waals surface area (Å²) in [7, 11) is 0. The molecule has 5 nitrogen and oxygen atoms in total. The normalized spacial score (nSPS) is 16.9. The van der Waals surface area contributed by atoms with E-state index in [2.05, 4.69) is 10.1 Å². The molecule has 0 atom stereocenters. The number of hydrogen-bond acceptors (Lipinski definition) is 4. The van der Waals surface area contributed by atoms with Crippen LogP contribution < -0.4 is 0 Å². The van der Waals surface area contributed by atoms with Gasteiger partial charge in [0.2, 0.25) is 11.8 Å². The van der Waals surface area contributed by atoms with Crippen molar-refractivity contribution in [3.63, 3.8) is 0 Å². The number of likely N-dealkylation sites (tertiary alicyclic amines) is 1. The van der Waals surface area contributed by atoms with Crippen LogP contribution >= 0.6 is 0 Å². The summed E-state index contributed by atoms with van der Waals surface area (Å²) in [6.45, 7) is 7.67. The lowest BCUT2D eigenvalue weighted by Gasteiger charge is -2.13. The number of hydrogen-bond donors (Lipinski definition) is 0. The molecule has 94 valence electrons. The van der Waals surface area contributed by atoms with Crippen molar-refractivity contribution in [1.82, 2.24) is 15.0 Å². The molecule has 2 heterocycles. The van der Waals surface area contributed by atoms with E-state index >= 15 is 0 Å². The van der Waals surface area contributed by atoms with Gasteiger partial charge in [0.1, 0.15) is 0 Å². The van der Waals surface area contributed by atoms with Crippen molar-refractivity contribution < 1.29 is 9.32 Å². The van der Waals surface area contributed by atoms with Crippen LogP contribution in [-0.2, 0) is 16.6 Å². The second-order valence-electron chi connectivity index (χ2n) is 5.50. The van der Waals surface area contributed by atoms with Gasteiger partial charge in [-0.05, 0) is 6.42 Å². The first-order valence-corrected chi connectivity index (χ1v) is 6.07. The molecular formula is C12H19N3O2. The molecule has 1 aliphatic rings. The largest absolute Gasteiger partial charge is 0.342 e. The number of rotatable bonds is 3. The van der Waals surface area contributed by atoms with Crippen LogP contribution in [0.2, 0.25) is 0 Å². The maximum absolute atomic E-state index is 11.4. The molecule has 0 bridgehead atoms. The molecule has 1 aromatic heterocycles. The van der Waals surface area contributed by atoms with Crippen molar-refractivity contribution in [1.29, 1.82) is 0 Å². The van der Waals surface area contributed by atoms with E-state index in [1.165, 1.54) is 0 Å². The summed E-state index contributed by atoms with van der Waals surface area (Å²) in [6.07, 6.45) is 2.32. The molecule has 0 radical (unpaired) electrons. The van der Waals surface area contributed by atoms with Gasteiger partial charge in [0.15, 0.2) is 5.82 Å². The van der Waals surface area contributed by atoms with Gasteiger partial charge in [0, 0.05) is 31.3 Å². The zero-order chi connectivity index (χ0) is 12.5. The highest BCUT2D eigenvalue weighted by molar-refractivity contribution is 5.78. The number of carbonyl (C=O) groups is 1. The Bertz CT molecular complexity index is 406. The Kier molecular flexibility index (Phi) is 3.17. The number of aromatic nitrogens is 2. The van der Waals surface area contributed by atoms with Gasteiger partial charge in [0.25, 0.3) is 0 Å². The second kappa shape index (κ2) is 4.47. The highest BCUT2D eigenvalue weighted by Gasteiger charge is 2.23. The predicted octanol–water partition coefficient (Wildman–Crippen LogP) is 1.53. The SMILES string of the molecule is CC(C)(C)c1nc(CCN2CCCC2=O)no1. The van der Waals surface area contributed by atoms with E-state index < -0.39 is 0 Å². The molecule has 1 saturated heterocycles. The smallest absolute Gasteiger partial charge is 0.232 e. The Morgan fingerprint density at radius 1 is 1.41 bits per heavy atom. The summed E-state index contributed by atoms with van der Waals surface area (Å²) < 4.78 is 5.21. The summed E-state index contributed by atoms with van der Waals surface area (Å²) in [5.74, 6) is 1.58. The summed E-state index contributed by atoms with van der Waals surface area (Å²) in [4.78, 5) is 17.6.